The first-order valence-corrected chi connectivity index (χ1v) is 7.91. The second-order valence-corrected chi connectivity index (χ2v) is 6.77. The van der Waals surface area contributed by atoms with Crippen LogP contribution in [0.3, 0.4) is 0 Å². The Hall–Kier alpha value is -1.52. The molecule has 8 nitrogen and oxygen atoms in total. The molecule has 0 saturated carbocycles. The van der Waals surface area contributed by atoms with Gasteiger partial charge in [0.25, 0.3) is 10.0 Å². The third-order valence-electron chi connectivity index (χ3n) is 2.32. The van der Waals surface area contributed by atoms with E-state index < -0.39 is 27.7 Å². The highest BCUT2D eigenvalue weighted by Gasteiger charge is 2.29. The molecule has 0 radical (unpaired) electrons. The first-order chi connectivity index (χ1) is 9.30. The van der Waals surface area contributed by atoms with Gasteiger partial charge in [0.1, 0.15) is 0 Å². The van der Waals surface area contributed by atoms with Crippen molar-refractivity contribution in [1.29, 1.82) is 0 Å². The maximum absolute atomic E-state index is 12.2. The van der Waals surface area contributed by atoms with Gasteiger partial charge in [-0.1, -0.05) is 0 Å². The monoisotopic (exact) mass is 322 g/mol. The largest absolute Gasteiger partial charge is 0.476 e. The number of sulfonamides is 1. The molecule has 1 N–H and O–H groups in total. The summed E-state index contributed by atoms with van der Waals surface area (Å²) in [6.07, 6.45) is -0.106. The fourth-order valence-electron chi connectivity index (χ4n) is 1.30. The Morgan fingerprint density at radius 2 is 2.15 bits per heavy atom. The normalized spacial score (nSPS) is 11.6. The molecule has 20 heavy (non-hydrogen) atoms. The minimum atomic E-state index is -3.98. The third kappa shape index (κ3) is 3.74. The molecule has 0 aromatic carbocycles. The molecule has 112 valence electrons. The number of carboxylic acid groups (broad SMARTS) is 1. The molecule has 0 unspecified atom stereocenters. The number of aromatic nitrogens is 1. The van der Waals surface area contributed by atoms with Crippen LogP contribution in [-0.2, 0) is 19.6 Å². The Morgan fingerprint density at radius 1 is 1.50 bits per heavy atom. The number of hydrogen-bond donors (Lipinski definition) is 1. The quantitative estimate of drug-likeness (QED) is 0.723. The lowest BCUT2D eigenvalue weighted by Crippen LogP contribution is -2.30. The number of rotatable bonds is 7. The van der Waals surface area contributed by atoms with Gasteiger partial charge >= 0.3 is 11.9 Å². The number of carbonyl (C=O) groups is 2. The van der Waals surface area contributed by atoms with Crippen molar-refractivity contribution in [2.75, 3.05) is 20.2 Å². The second-order valence-electron chi connectivity index (χ2n) is 3.68. The lowest BCUT2D eigenvalue weighted by atomic mass is 10.4. The van der Waals surface area contributed by atoms with Gasteiger partial charge in [-0.25, -0.2) is 18.2 Å². The standard InChI is InChI=1S/C10H14N2O6S2/c1-3-18-7(13)4-5-12(2)20(16,17)10-8(9(14)15)11-6-19-10/h6H,3-5H2,1-2H3,(H,14,15). The topological polar surface area (TPSA) is 114 Å². The molecular formula is C10H14N2O6S2. The van der Waals surface area contributed by atoms with E-state index in [9.17, 15) is 18.0 Å². The summed E-state index contributed by atoms with van der Waals surface area (Å²) in [5.41, 5.74) is 0.633. The van der Waals surface area contributed by atoms with Crippen LogP contribution in [0.25, 0.3) is 0 Å². The first kappa shape index (κ1) is 16.5. The number of hydrogen-bond acceptors (Lipinski definition) is 7. The van der Waals surface area contributed by atoms with Crippen LogP contribution in [0.4, 0.5) is 0 Å². The first-order valence-electron chi connectivity index (χ1n) is 5.59. The summed E-state index contributed by atoms with van der Waals surface area (Å²) in [6.45, 7) is 1.76. The molecule has 0 aliphatic heterocycles. The predicted molar refractivity (Wildman–Crippen MR) is 70.1 cm³/mol. The zero-order valence-electron chi connectivity index (χ0n) is 10.9. The molecule has 0 fully saturated rings. The highest BCUT2D eigenvalue weighted by Crippen LogP contribution is 2.23. The Bertz CT molecular complexity index is 595. The summed E-state index contributed by atoms with van der Waals surface area (Å²) in [5, 5.41) is 8.87. The van der Waals surface area contributed by atoms with E-state index in [1.54, 1.807) is 6.92 Å². The molecule has 1 aromatic heterocycles. The van der Waals surface area contributed by atoms with E-state index in [1.165, 1.54) is 7.05 Å². The van der Waals surface area contributed by atoms with Gasteiger partial charge in [0.05, 0.1) is 18.5 Å². The van der Waals surface area contributed by atoms with Crippen LogP contribution >= 0.6 is 11.3 Å². The Morgan fingerprint density at radius 3 is 2.70 bits per heavy atom. The molecule has 0 amide bonds. The van der Waals surface area contributed by atoms with E-state index in [2.05, 4.69) is 4.98 Å². The van der Waals surface area contributed by atoms with Gasteiger partial charge in [-0.2, -0.15) is 4.31 Å². The maximum Gasteiger partial charge on any atom is 0.356 e. The molecule has 1 rings (SSSR count). The van der Waals surface area contributed by atoms with Crippen LogP contribution in [0.1, 0.15) is 23.8 Å². The predicted octanol–water partition coefficient (Wildman–Crippen LogP) is 0.415. The number of nitrogens with zero attached hydrogens (tertiary/aromatic N) is 2. The summed E-state index contributed by atoms with van der Waals surface area (Å²) in [5.74, 6) is -1.93. The zero-order chi connectivity index (χ0) is 15.3. The number of thiazole rings is 1. The number of carbonyl (C=O) groups excluding carboxylic acids is 1. The van der Waals surface area contributed by atoms with Crippen molar-refractivity contribution in [2.24, 2.45) is 0 Å². The van der Waals surface area contributed by atoms with Crippen molar-refractivity contribution in [3.8, 4) is 0 Å². The lowest BCUT2D eigenvalue weighted by Gasteiger charge is -2.15. The minimum absolute atomic E-state index is 0.0991. The fourth-order valence-corrected chi connectivity index (χ4v) is 3.81. The number of ether oxygens (including phenoxy) is 1. The van der Waals surface area contributed by atoms with Gasteiger partial charge in [0, 0.05) is 13.6 Å². The summed E-state index contributed by atoms with van der Waals surface area (Å²) in [6, 6.07) is 0. The molecule has 0 atom stereocenters. The van der Waals surface area contributed by atoms with Crippen LogP contribution < -0.4 is 0 Å². The van der Waals surface area contributed by atoms with Gasteiger partial charge in [-0.3, -0.25) is 4.79 Å². The minimum Gasteiger partial charge on any atom is -0.476 e. The van der Waals surface area contributed by atoms with E-state index in [4.69, 9.17) is 9.84 Å². The summed E-state index contributed by atoms with van der Waals surface area (Å²) in [4.78, 5) is 25.6. The van der Waals surface area contributed by atoms with E-state index in [-0.39, 0.29) is 23.8 Å². The average Bonchev–Trinajstić information content (AvgIpc) is 2.86. The third-order valence-corrected chi connectivity index (χ3v) is 5.52. The highest BCUT2D eigenvalue weighted by molar-refractivity contribution is 7.91. The van der Waals surface area contributed by atoms with Crippen LogP contribution in [0, 0.1) is 0 Å². The van der Waals surface area contributed by atoms with Gasteiger partial charge in [-0.15, -0.1) is 11.3 Å². The Balaban J connectivity index is 2.85. The molecule has 0 bridgehead atoms. The molecule has 0 aliphatic rings. The fraction of sp³-hybridized carbons (Fsp3) is 0.500. The second kappa shape index (κ2) is 6.77. The van der Waals surface area contributed by atoms with Crippen molar-refractivity contribution >= 4 is 33.3 Å². The van der Waals surface area contributed by atoms with Crippen LogP contribution in [0.15, 0.2) is 9.72 Å². The van der Waals surface area contributed by atoms with Crippen molar-refractivity contribution < 1.29 is 27.9 Å². The lowest BCUT2D eigenvalue weighted by molar-refractivity contribution is -0.143. The molecule has 0 saturated heterocycles. The maximum atomic E-state index is 12.2. The summed E-state index contributed by atoms with van der Waals surface area (Å²) < 4.78 is 29.6. The molecule has 1 aromatic rings. The van der Waals surface area contributed by atoms with E-state index >= 15 is 0 Å². The van der Waals surface area contributed by atoms with Crippen molar-refractivity contribution in [3.05, 3.63) is 11.2 Å². The number of esters is 1. The molecule has 10 heteroatoms. The van der Waals surface area contributed by atoms with Gasteiger partial charge < -0.3 is 9.84 Å². The Labute approximate surface area is 120 Å². The van der Waals surface area contributed by atoms with Crippen LogP contribution in [0.2, 0.25) is 0 Å². The van der Waals surface area contributed by atoms with Gasteiger partial charge in [0.2, 0.25) is 0 Å². The average molecular weight is 322 g/mol. The molecule has 0 spiro atoms. The molecular weight excluding hydrogens is 308 g/mol. The molecule has 0 aliphatic carbocycles. The van der Waals surface area contributed by atoms with E-state index in [1.807, 2.05) is 0 Å². The van der Waals surface area contributed by atoms with Crippen LogP contribution in [-0.4, -0.2) is 55.0 Å². The van der Waals surface area contributed by atoms with E-state index in [0.29, 0.717) is 0 Å². The Kier molecular flexibility index (Phi) is 5.60. The smallest absolute Gasteiger partial charge is 0.356 e. The summed E-state index contributed by atoms with van der Waals surface area (Å²) >= 11 is 0.720. The number of carboxylic acids is 1. The van der Waals surface area contributed by atoms with Crippen LogP contribution in [0.5, 0.6) is 0 Å². The van der Waals surface area contributed by atoms with Gasteiger partial charge in [0.15, 0.2) is 9.90 Å². The zero-order valence-corrected chi connectivity index (χ0v) is 12.5. The molecule has 1 heterocycles. The summed E-state index contributed by atoms with van der Waals surface area (Å²) in [7, 11) is -2.72. The SMILES string of the molecule is CCOC(=O)CCN(C)S(=O)(=O)c1scnc1C(=O)O. The number of aromatic carboxylic acids is 1. The van der Waals surface area contributed by atoms with Gasteiger partial charge in [-0.05, 0) is 6.92 Å². The highest BCUT2D eigenvalue weighted by atomic mass is 32.2. The van der Waals surface area contributed by atoms with E-state index in [0.717, 1.165) is 21.2 Å². The van der Waals surface area contributed by atoms with Crippen molar-refractivity contribution in [1.82, 2.24) is 9.29 Å². The van der Waals surface area contributed by atoms with Crippen molar-refractivity contribution in [3.63, 3.8) is 0 Å². The van der Waals surface area contributed by atoms with Crippen molar-refractivity contribution in [2.45, 2.75) is 17.6 Å².